The van der Waals surface area contributed by atoms with Crippen molar-refractivity contribution in [2.24, 2.45) is 0 Å². The van der Waals surface area contributed by atoms with Gasteiger partial charge in [0.15, 0.2) is 0 Å². The first-order valence-corrected chi connectivity index (χ1v) is 6.42. The summed E-state index contributed by atoms with van der Waals surface area (Å²) < 4.78 is 10.4. The Morgan fingerprint density at radius 3 is 2.26 bits per heavy atom. The standard InChI is InChI=1S/C14H20N2O3/c1-9(14(17)16-10-4-5-10)15-11-6-12(18-2)8-13(7-11)19-3/h6-10,15H,4-5H2,1-3H3,(H,16,17). The Kier molecular flexibility index (Phi) is 4.14. The van der Waals surface area contributed by atoms with Crippen molar-refractivity contribution in [2.75, 3.05) is 19.5 Å². The van der Waals surface area contributed by atoms with E-state index < -0.39 is 0 Å². The van der Waals surface area contributed by atoms with Gasteiger partial charge in [0.2, 0.25) is 5.91 Å². The molecule has 1 aromatic rings. The summed E-state index contributed by atoms with van der Waals surface area (Å²) in [4.78, 5) is 11.9. The van der Waals surface area contributed by atoms with E-state index in [4.69, 9.17) is 9.47 Å². The fourth-order valence-corrected chi connectivity index (χ4v) is 1.76. The Hall–Kier alpha value is -1.91. The van der Waals surface area contributed by atoms with Gasteiger partial charge < -0.3 is 20.1 Å². The second kappa shape index (κ2) is 5.82. The summed E-state index contributed by atoms with van der Waals surface area (Å²) in [5.41, 5.74) is 0.801. The van der Waals surface area contributed by atoms with Gasteiger partial charge in [-0.2, -0.15) is 0 Å². The van der Waals surface area contributed by atoms with E-state index >= 15 is 0 Å². The van der Waals surface area contributed by atoms with Crippen LogP contribution >= 0.6 is 0 Å². The Morgan fingerprint density at radius 2 is 1.79 bits per heavy atom. The lowest BCUT2D eigenvalue weighted by Crippen LogP contribution is -2.38. The maximum absolute atomic E-state index is 11.9. The van der Waals surface area contributed by atoms with Crippen molar-refractivity contribution in [3.63, 3.8) is 0 Å². The van der Waals surface area contributed by atoms with Crippen molar-refractivity contribution in [1.29, 1.82) is 0 Å². The number of rotatable bonds is 6. The highest BCUT2D eigenvalue weighted by atomic mass is 16.5. The van der Waals surface area contributed by atoms with Gasteiger partial charge in [-0.15, -0.1) is 0 Å². The van der Waals surface area contributed by atoms with Crippen LogP contribution in [-0.2, 0) is 4.79 Å². The third kappa shape index (κ3) is 3.77. The molecule has 1 fully saturated rings. The van der Waals surface area contributed by atoms with Crippen molar-refractivity contribution >= 4 is 11.6 Å². The number of amides is 1. The van der Waals surface area contributed by atoms with Gasteiger partial charge in [0, 0.05) is 29.9 Å². The highest BCUT2D eigenvalue weighted by Crippen LogP contribution is 2.26. The van der Waals surface area contributed by atoms with Crippen LogP contribution in [0.15, 0.2) is 18.2 Å². The second-order valence-electron chi connectivity index (χ2n) is 4.75. The molecule has 2 N–H and O–H groups in total. The molecule has 1 amide bonds. The van der Waals surface area contributed by atoms with E-state index in [1.165, 1.54) is 0 Å². The zero-order chi connectivity index (χ0) is 13.8. The number of carbonyl (C=O) groups excluding carboxylic acids is 1. The van der Waals surface area contributed by atoms with Crippen LogP contribution in [-0.4, -0.2) is 32.2 Å². The van der Waals surface area contributed by atoms with Gasteiger partial charge in [-0.3, -0.25) is 4.79 Å². The van der Waals surface area contributed by atoms with Gasteiger partial charge in [-0.25, -0.2) is 0 Å². The van der Waals surface area contributed by atoms with Crippen molar-refractivity contribution in [3.8, 4) is 11.5 Å². The largest absolute Gasteiger partial charge is 0.497 e. The number of methoxy groups -OCH3 is 2. The van der Waals surface area contributed by atoms with E-state index in [2.05, 4.69) is 10.6 Å². The molecule has 1 atom stereocenters. The number of anilines is 1. The summed E-state index contributed by atoms with van der Waals surface area (Å²) in [6.45, 7) is 1.84. The van der Waals surface area contributed by atoms with Gasteiger partial charge in [-0.1, -0.05) is 0 Å². The van der Waals surface area contributed by atoms with Crippen LogP contribution in [0.2, 0.25) is 0 Å². The van der Waals surface area contributed by atoms with E-state index in [0.29, 0.717) is 17.5 Å². The zero-order valence-electron chi connectivity index (χ0n) is 11.5. The zero-order valence-corrected chi connectivity index (χ0v) is 11.5. The topological polar surface area (TPSA) is 59.6 Å². The molecule has 1 saturated carbocycles. The van der Waals surface area contributed by atoms with E-state index in [-0.39, 0.29) is 11.9 Å². The lowest BCUT2D eigenvalue weighted by Gasteiger charge is -2.16. The van der Waals surface area contributed by atoms with Crippen LogP contribution in [0.3, 0.4) is 0 Å². The molecule has 5 nitrogen and oxygen atoms in total. The van der Waals surface area contributed by atoms with Crippen LogP contribution in [0.1, 0.15) is 19.8 Å². The number of benzene rings is 1. The van der Waals surface area contributed by atoms with Crippen LogP contribution in [0.4, 0.5) is 5.69 Å². The Morgan fingerprint density at radius 1 is 1.21 bits per heavy atom. The number of nitrogens with one attached hydrogen (secondary N) is 2. The van der Waals surface area contributed by atoms with Crippen LogP contribution < -0.4 is 20.1 Å². The molecule has 0 aromatic heterocycles. The van der Waals surface area contributed by atoms with E-state index in [1.54, 1.807) is 20.3 Å². The molecule has 0 spiro atoms. The Bertz CT molecular complexity index is 436. The summed E-state index contributed by atoms with van der Waals surface area (Å²) in [5.74, 6) is 1.40. The number of carbonyl (C=O) groups is 1. The Balaban J connectivity index is 2.01. The lowest BCUT2D eigenvalue weighted by atomic mass is 10.2. The third-order valence-corrected chi connectivity index (χ3v) is 3.05. The molecule has 0 radical (unpaired) electrons. The fraction of sp³-hybridized carbons (Fsp3) is 0.500. The van der Waals surface area contributed by atoms with Crippen molar-refractivity contribution in [2.45, 2.75) is 31.8 Å². The molecule has 1 unspecified atom stereocenters. The molecule has 0 aliphatic heterocycles. The monoisotopic (exact) mass is 264 g/mol. The van der Waals surface area contributed by atoms with Crippen LogP contribution in [0, 0.1) is 0 Å². The fourth-order valence-electron chi connectivity index (χ4n) is 1.76. The smallest absolute Gasteiger partial charge is 0.242 e. The second-order valence-corrected chi connectivity index (χ2v) is 4.75. The quantitative estimate of drug-likeness (QED) is 0.822. The Labute approximate surface area is 113 Å². The molecular formula is C14H20N2O3. The highest BCUT2D eigenvalue weighted by Gasteiger charge is 2.25. The predicted molar refractivity (Wildman–Crippen MR) is 73.8 cm³/mol. The number of hydrogen-bond donors (Lipinski definition) is 2. The van der Waals surface area contributed by atoms with Gasteiger partial charge in [0.1, 0.15) is 17.5 Å². The van der Waals surface area contributed by atoms with Gasteiger partial charge in [0.05, 0.1) is 14.2 Å². The van der Waals surface area contributed by atoms with Gasteiger partial charge in [-0.05, 0) is 19.8 Å². The molecule has 5 heteroatoms. The molecule has 1 aliphatic carbocycles. The number of ether oxygens (including phenoxy) is 2. The van der Waals surface area contributed by atoms with E-state index in [9.17, 15) is 4.79 Å². The predicted octanol–water partition coefficient (Wildman–Crippen LogP) is 1.78. The maximum Gasteiger partial charge on any atom is 0.242 e. The molecule has 0 bridgehead atoms. The lowest BCUT2D eigenvalue weighted by molar-refractivity contribution is -0.121. The average Bonchev–Trinajstić information content (AvgIpc) is 3.21. The molecule has 19 heavy (non-hydrogen) atoms. The normalized spacial score (nSPS) is 15.5. The molecular weight excluding hydrogens is 244 g/mol. The highest BCUT2D eigenvalue weighted by molar-refractivity contribution is 5.84. The molecule has 0 saturated heterocycles. The SMILES string of the molecule is COc1cc(NC(C)C(=O)NC2CC2)cc(OC)c1. The molecule has 1 aliphatic rings. The van der Waals surface area contributed by atoms with Crippen molar-refractivity contribution < 1.29 is 14.3 Å². The van der Waals surface area contributed by atoms with Crippen LogP contribution in [0.25, 0.3) is 0 Å². The minimum atomic E-state index is -0.294. The molecule has 104 valence electrons. The first-order valence-electron chi connectivity index (χ1n) is 6.42. The molecule has 1 aromatic carbocycles. The molecule has 2 rings (SSSR count). The summed E-state index contributed by atoms with van der Waals surface area (Å²) in [6, 6.07) is 5.54. The molecule has 0 heterocycles. The summed E-state index contributed by atoms with van der Waals surface area (Å²) in [7, 11) is 3.20. The van der Waals surface area contributed by atoms with Crippen molar-refractivity contribution in [3.05, 3.63) is 18.2 Å². The van der Waals surface area contributed by atoms with Gasteiger partial charge in [0.25, 0.3) is 0 Å². The minimum Gasteiger partial charge on any atom is -0.497 e. The summed E-state index contributed by atoms with van der Waals surface area (Å²) in [6.07, 6.45) is 2.18. The third-order valence-electron chi connectivity index (χ3n) is 3.05. The van der Waals surface area contributed by atoms with Gasteiger partial charge >= 0.3 is 0 Å². The van der Waals surface area contributed by atoms with Crippen molar-refractivity contribution in [1.82, 2.24) is 5.32 Å². The first-order chi connectivity index (χ1) is 9.12. The average molecular weight is 264 g/mol. The van der Waals surface area contributed by atoms with Crippen LogP contribution in [0.5, 0.6) is 11.5 Å². The summed E-state index contributed by atoms with van der Waals surface area (Å²) >= 11 is 0. The van der Waals surface area contributed by atoms with E-state index in [1.807, 2.05) is 19.1 Å². The first kappa shape index (κ1) is 13.5. The maximum atomic E-state index is 11.9. The minimum absolute atomic E-state index is 0.0179. The van der Waals surface area contributed by atoms with E-state index in [0.717, 1.165) is 18.5 Å². The summed E-state index contributed by atoms with van der Waals surface area (Å²) in [5, 5.41) is 6.12. The number of hydrogen-bond acceptors (Lipinski definition) is 4.